The fraction of sp³-hybridized carbons (Fsp3) is 0.667. The summed E-state index contributed by atoms with van der Waals surface area (Å²) in [6.45, 7) is 8.55. The largest absolute Gasteiger partial charge is 0.383 e. The Morgan fingerprint density at radius 1 is 1.15 bits per heavy atom. The summed E-state index contributed by atoms with van der Waals surface area (Å²) in [5.74, 6) is 0.281. The minimum atomic E-state index is -0.123. The molecule has 5 heteroatoms. The van der Waals surface area contributed by atoms with Crippen molar-refractivity contribution in [3.8, 4) is 0 Å². The van der Waals surface area contributed by atoms with Crippen molar-refractivity contribution in [2.75, 3.05) is 53.0 Å². The van der Waals surface area contributed by atoms with Crippen molar-refractivity contribution < 1.29 is 9.53 Å². The number of hydrogen-bond donors (Lipinski definition) is 0. The zero-order valence-electron chi connectivity index (χ0n) is 16.3. The van der Waals surface area contributed by atoms with Crippen molar-refractivity contribution in [2.24, 2.45) is 0 Å². The Kier molecular flexibility index (Phi) is 7.06. The zero-order chi connectivity index (χ0) is 18.4. The van der Waals surface area contributed by atoms with Crippen molar-refractivity contribution in [3.05, 3.63) is 35.9 Å². The lowest BCUT2D eigenvalue weighted by Crippen LogP contribution is -2.57. The Morgan fingerprint density at radius 2 is 1.88 bits per heavy atom. The van der Waals surface area contributed by atoms with Gasteiger partial charge in [0.05, 0.1) is 6.61 Å². The average Bonchev–Trinajstić information content (AvgIpc) is 3.21. The number of amides is 1. The summed E-state index contributed by atoms with van der Waals surface area (Å²) in [6.07, 6.45) is 3.45. The summed E-state index contributed by atoms with van der Waals surface area (Å²) in [6, 6.07) is 10.6. The minimum absolute atomic E-state index is 0.123. The van der Waals surface area contributed by atoms with Gasteiger partial charge in [-0.25, -0.2) is 0 Å². The highest BCUT2D eigenvalue weighted by molar-refractivity contribution is 5.83. The predicted octanol–water partition coefficient (Wildman–Crippen LogP) is 2.39. The van der Waals surface area contributed by atoms with E-state index in [1.165, 1.54) is 12.8 Å². The topological polar surface area (TPSA) is 36.0 Å². The van der Waals surface area contributed by atoms with E-state index >= 15 is 0 Å². The van der Waals surface area contributed by atoms with Gasteiger partial charge in [-0.2, -0.15) is 0 Å². The highest BCUT2D eigenvalue weighted by Crippen LogP contribution is 2.28. The fourth-order valence-electron chi connectivity index (χ4n) is 4.30. The average molecular weight is 360 g/mol. The van der Waals surface area contributed by atoms with Gasteiger partial charge in [0, 0.05) is 39.3 Å². The molecule has 2 unspecified atom stereocenters. The van der Waals surface area contributed by atoms with E-state index in [1.54, 1.807) is 7.11 Å². The molecule has 2 fully saturated rings. The lowest BCUT2D eigenvalue weighted by molar-refractivity contribution is -0.140. The summed E-state index contributed by atoms with van der Waals surface area (Å²) in [4.78, 5) is 20.5. The molecular formula is C21H33N3O2. The number of hydrogen-bond acceptors (Lipinski definition) is 4. The Balaban J connectivity index is 1.73. The molecule has 2 aliphatic rings. The monoisotopic (exact) mass is 359 g/mol. The number of rotatable bonds is 7. The number of carbonyl (C=O) groups is 1. The summed E-state index contributed by atoms with van der Waals surface area (Å²) in [7, 11) is 1.75. The SMILES string of the molecule is CCC1CN(C(=O)C(c2ccccc2)N2CCCC2)CCN1CCOC. The molecule has 0 aromatic heterocycles. The first-order valence-electron chi connectivity index (χ1n) is 10.1. The number of ether oxygens (including phenoxy) is 1. The molecule has 2 aliphatic heterocycles. The zero-order valence-corrected chi connectivity index (χ0v) is 16.3. The van der Waals surface area contributed by atoms with Crippen LogP contribution >= 0.6 is 0 Å². The van der Waals surface area contributed by atoms with Gasteiger partial charge in [0.15, 0.2) is 0 Å². The number of carbonyl (C=O) groups excluding carboxylic acids is 1. The second-order valence-electron chi connectivity index (χ2n) is 7.43. The van der Waals surface area contributed by atoms with E-state index in [0.29, 0.717) is 6.04 Å². The number of benzene rings is 1. The molecule has 0 spiro atoms. The molecule has 0 saturated carbocycles. The van der Waals surface area contributed by atoms with Crippen molar-refractivity contribution in [2.45, 2.75) is 38.3 Å². The van der Waals surface area contributed by atoms with E-state index in [9.17, 15) is 4.79 Å². The van der Waals surface area contributed by atoms with Crippen LogP contribution in [0.1, 0.15) is 37.8 Å². The molecule has 1 aromatic rings. The number of piperazine rings is 1. The second-order valence-corrected chi connectivity index (χ2v) is 7.43. The van der Waals surface area contributed by atoms with E-state index in [-0.39, 0.29) is 11.9 Å². The van der Waals surface area contributed by atoms with Crippen LogP contribution in [0.5, 0.6) is 0 Å². The third kappa shape index (κ3) is 4.45. The molecule has 1 aromatic carbocycles. The molecule has 2 atom stereocenters. The van der Waals surface area contributed by atoms with Crippen LogP contribution in [0.4, 0.5) is 0 Å². The van der Waals surface area contributed by atoms with Gasteiger partial charge in [-0.05, 0) is 37.9 Å². The fourth-order valence-corrected chi connectivity index (χ4v) is 4.30. The highest BCUT2D eigenvalue weighted by Gasteiger charge is 2.36. The Hall–Kier alpha value is -1.43. The first-order valence-corrected chi connectivity index (χ1v) is 10.1. The molecule has 2 heterocycles. The molecule has 3 rings (SSSR count). The molecule has 1 amide bonds. The van der Waals surface area contributed by atoms with Gasteiger partial charge in [-0.15, -0.1) is 0 Å². The van der Waals surface area contributed by atoms with Gasteiger partial charge in [0.25, 0.3) is 0 Å². The summed E-state index contributed by atoms with van der Waals surface area (Å²) in [5, 5.41) is 0. The highest BCUT2D eigenvalue weighted by atomic mass is 16.5. The Morgan fingerprint density at radius 3 is 2.54 bits per heavy atom. The van der Waals surface area contributed by atoms with Crippen LogP contribution < -0.4 is 0 Å². The number of nitrogens with zero attached hydrogens (tertiary/aromatic N) is 3. The van der Waals surface area contributed by atoms with Crippen LogP contribution in [0.25, 0.3) is 0 Å². The van der Waals surface area contributed by atoms with Gasteiger partial charge in [0.1, 0.15) is 6.04 Å². The van der Waals surface area contributed by atoms with Crippen molar-refractivity contribution in [1.29, 1.82) is 0 Å². The maximum atomic E-state index is 13.5. The first kappa shape index (κ1) is 19.3. The van der Waals surface area contributed by atoms with Crippen molar-refractivity contribution >= 4 is 5.91 Å². The van der Waals surface area contributed by atoms with Crippen LogP contribution in [0.3, 0.4) is 0 Å². The minimum Gasteiger partial charge on any atom is -0.383 e. The lowest BCUT2D eigenvalue weighted by atomic mass is 10.0. The Labute approximate surface area is 157 Å². The molecule has 26 heavy (non-hydrogen) atoms. The molecule has 0 bridgehead atoms. The van der Waals surface area contributed by atoms with E-state index in [0.717, 1.165) is 57.9 Å². The maximum absolute atomic E-state index is 13.5. The van der Waals surface area contributed by atoms with E-state index < -0.39 is 0 Å². The van der Waals surface area contributed by atoms with Crippen LogP contribution in [0, 0.1) is 0 Å². The second kappa shape index (κ2) is 9.49. The van der Waals surface area contributed by atoms with E-state index in [4.69, 9.17) is 4.74 Å². The molecule has 5 nitrogen and oxygen atoms in total. The third-order valence-corrected chi connectivity index (χ3v) is 5.83. The quantitative estimate of drug-likeness (QED) is 0.749. The van der Waals surface area contributed by atoms with Crippen LogP contribution in [0.15, 0.2) is 30.3 Å². The van der Waals surface area contributed by atoms with Gasteiger partial charge >= 0.3 is 0 Å². The molecule has 0 aliphatic carbocycles. The van der Waals surface area contributed by atoms with Gasteiger partial charge in [0.2, 0.25) is 5.91 Å². The number of methoxy groups -OCH3 is 1. The van der Waals surface area contributed by atoms with Gasteiger partial charge in [-0.1, -0.05) is 37.3 Å². The number of likely N-dealkylation sites (tertiary alicyclic amines) is 1. The predicted molar refractivity (Wildman–Crippen MR) is 104 cm³/mol. The third-order valence-electron chi connectivity index (χ3n) is 5.83. The summed E-state index contributed by atoms with van der Waals surface area (Å²) < 4.78 is 5.25. The molecule has 0 N–H and O–H groups in total. The lowest BCUT2D eigenvalue weighted by Gasteiger charge is -2.43. The first-order chi connectivity index (χ1) is 12.7. The summed E-state index contributed by atoms with van der Waals surface area (Å²) >= 11 is 0. The molecule has 144 valence electrons. The van der Waals surface area contributed by atoms with Crippen LogP contribution in [-0.2, 0) is 9.53 Å². The molecule has 2 saturated heterocycles. The van der Waals surface area contributed by atoms with Crippen molar-refractivity contribution in [3.63, 3.8) is 0 Å². The van der Waals surface area contributed by atoms with Crippen LogP contribution in [0.2, 0.25) is 0 Å². The molecular weight excluding hydrogens is 326 g/mol. The Bertz CT molecular complexity index is 560. The maximum Gasteiger partial charge on any atom is 0.244 e. The van der Waals surface area contributed by atoms with Gasteiger partial charge < -0.3 is 9.64 Å². The molecule has 0 radical (unpaired) electrons. The van der Waals surface area contributed by atoms with Crippen molar-refractivity contribution in [1.82, 2.24) is 14.7 Å². The van der Waals surface area contributed by atoms with Gasteiger partial charge in [-0.3, -0.25) is 14.6 Å². The van der Waals surface area contributed by atoms with E-state index in [1.807, 2.05) is 18.2 Å². The van der Waals surface area contributed by atoms with Crippen LogP contribution in [-0.4, -0.2) is 79.6 Å². The smallest absolute Gasteiger partial charge is 0.244 e. The summed E-state index contributed by atoms with van der Waals surface area (Å²) in [5.41, 5.74) is 1.13. The normalized spacial score (nSPS) is 23.3. The standard InChI is InChI=1S/C21H33N3O2/c1-3-19-17-24(14-13-22(19)15-16-26-2)21(25)20(23-11-7-8-12-23)18-9-5-4-6-10-18/h4-6,9-10,19-20H,3,7-8,11-17H2,1-2H3. The van der Waals surface area contributed by atoms with E-state index in [2.05, 4.69) is 33.8 Å².